The van der Waals surface area contributed by atoms with E-state index in [1.807, 2.05) is 17.2 Å². The molecule has 0 aromatic carbocycles. The molecule has 0 aromatic heterocycles. The molecule has 0 saturated carbocycles. The lowest BCUT2D eigenvalue weighted by Gasteiger charge is -2.19. The van der Waals surface area contributed by atoms with Crippen molar-refractivity contribution >= 4 is 6.34 Å². The van der Waals surface area contributed by atoms with Crippen LogP contribution in [-0.4, -0.2) is 30.1 Å². The number of rotatable bonds is 1. The largest absolute Gasteiger partial charge is 0.276 e. The third-order valence-electron chi connectivity index (χ3n) is 1.10. The lowest BCUT2D eigenvalue weighted by molar-refractivity contribution is 0.0561. The zero-order chi connectivity index (χ0) is 5.98. The molecule has 0 radical (unpaired) electrons. The lowest BCUT2D eigenvalue weighted by Crippen LogP contribution is -2.39. The second-order valence-corrected chi connectivity index (χ2v) is 1.62. The van der Waals surface area contributed by atoms with E-state index in [4.69, 9.17) is 0 Å². The second-order valence-electron chi connectivity index (χ2n) is 1.62. The summed E-state index contributed by atoms with van der Waals surface area (Å²) in [7, 11) is 1.91. The van der Waals surface area contributed by atoms with Crippen molar-refractivity contribution in [1.82, 2.24) is 15.7 Å². The van der Waals surface area contributed by atoms with E-state index in [1.54, 1.807) is 6.34 Å². The van der Waals surface area contributed by atoms with Gasteiger partial charge in [0, 0.05) is 13.6 Å². The quantitative estimate of drug-likeness (QED) is 0.504. The molecule has 8 heavy (non-hydrogen) atoms. The van der Waals surface area contributed by atoms with Crippen molar-refractivity contribution in [1.29, 1.82) is 0 Å². The first-order chi connectivity index (χ1) is 3.84. The summed E-state index contributed by atoms with van der Waals surface area (Å²) in [6.45, 7) is 3.02. The van der Waals surface area contributed by atoms with Gasteiger partial charge in [0.05, 0.1) is 0 Å². The third kappa shape index (κ3) is 0.742. The molecule has 0 amide bonds. The standard InChI is InChI=1S/C4H10N4/c1-3-8-4-5-6-7(8)2/h4,6H,3H2,1-2H3. The lowest BCUT2D eigenvalue weighted by atomic mass is 10.7. The van der Waals surface area contributed by atoms with Gasteiger partial charge in [-0.15, -0.1) is 5.12 Å². The maximum atomic E-state index is 3.79. The zero-order valence-corrected chi connectivity index (χ0v) is 5.13. The molecule has 0 saturated heterocycles. The molecule has 0 bridgehead atoms. The van der Waals surface area contributed by atoms with E-state index in [2.05, 4.69) is 17.6 Å². The zero-order valence-electron chi connectivity index (χ0n) is 5.13. The van der Waals surface area contributed by atoms with Gasteiger partial charge in [-0.05, 0) is 6.92 Å². The van der Waals surface area contributed by atoms with Crippen molar-refractivity contribution in [2.24, 2.45) is 5.10 Å². The maximum absolute atomic E-state index is 3.79. The van der Waals surface area contributed by atoms with E-state index >= 15 is 0 Å². The topological polar surface area (TPSA) is 30.9 Å². The average Bonchev–Trinajstić information content (AvgIpc) is 2.14. The maximum Gasteiger partial charge on any atom is 0.128 e. The monoisotopic (exact) mass is 114 g/mol. The van der Waals surface area contributed by atoms with Crippen LogP contribution in [0.2, 0.25) is 0 Å². The normalized spacial score (nSPS) is 19.5. The summed E-state index contributed by atoms with van der Waals surface area (Å²) in [5, 5.41) is 7.57. The van der Waals surface area contributed by atoms with Crippen molar-refractivity contribution in [3.05, 3.63) is 0 Å². The molecule has 0 aromatic rings. The van der Waals surface area contributed by atoms with E-state index in [0.717, 1.165) is 6.54 Å². The Kier molecular flexibility index (Phi) is 1.34. The molecule has 1 N–H and O–H groups in total. The predicted octanol–water partition coefficient (Wildman–Crippen LogP) is -0.383. The summed E-state index contributed by atoms with van der Waals surface area (Å²) in [4.78, 5) is 0. The first-order valence-electron chi connectivity index (χ1n) is 2.63. The number of hydrazone groups is 1. The van der Waals surface area contributed by atoms with Gasteiger partial charge in [-0.3, -0.25) is 5.01 Å². The van der Waals surface area contributed by atoms with Crippen LogP contribution in [-0.2, 0) is 0 Å². The van der Waals surface area contributed by atoms with Crippen LogP contribution in [0.3, 0.4) is 0 Å². The fourth-order valence-electron chi connectivity index (χ4n) is 0.605. The van der Waals surface area contributed by atoms with Crippen LogP contribution in [0.15, 0.2) is 5.10 Å². The fraction of sp³-hybridized carbons (Fsp3) is 0.750. The molecular weight excluding hydrogens is 104 g/mol. The van der Waals surface area contributed by atoms with Gasteiger partial charge in [0.1, 0.15) is 6.34 Å². The number of hydrazine groups is 2. The minimum Gasteiger partial charge on any atom is -0.276 e. The Labute approximate surface area is 48.7 Å². The molecule has 4 heteroatoms. The van der Waals surface area contributed by atoms with Crippen molar-refractivity contribution < 1.29 is 0 Å². The summed E-state index contributed by atoms with van der Waals surface area (Å²) in [5.41, 5.74) is 2.75. The second kappa shape index (κ2) is 2.00. The van der Waals surface area contributed by atoms with E-state index < -0.39 is 0 Å². The van der Waals surface area contributed by atoms with Gasteiger partial charge in [-0.1, -0.05) is 0 Å². The first kappa shape index (κ1) is 5.37. The Bertz CT molecular complexity index is 100. The van der Waals surface area contributed by atoms with Crippen LogP contribution < -0.4 is 5.53 Å². The molecule has 0 unspecified atom stereocenters. The number of nitrogens with one attached hydrogen (secondary N) is 1. The Morgan fingerprint density at radius 3 is 2.75 bits per heavy atom. The van der Waals surface area contributed by atoms with Crippen molar-refractivity contribution in [2.75, 3.05) is 13.6 Å². The van der Waals surface area contributed by atoms with Gasteiger partial charge in [0.15, 0.2) is 0 Å². The highest BCUT2D eigenvalue weighted by molar-refractivity contribution is 5.54. The smallest absolute Gasteiger partial charge is 0.128 e. The van der Waals surface area contributed by atoms with Gasteiger partial charge in [0.25, 0.3) is 0 Å². The molecule has 1 aliphatic rings. The van der Waals surface area contributed by atoms with E-state index in [-0.39, 0.29) is 0 Å². The molecular formula is C4H10N4. The first-order valence-corrected chi connectivity index (χ1v) is 2.63. The molecule has 46 valence electrons. The van der Waals surface area contributed by atoms with Crippen LogP contribution in [0, 0.1) is 0 Å². The summed E-state index contributed by atoms with van der Waals surface area (Å²) >= 11 is 0. The van der Waals surface area contributed by atoms with Gasteiger partial charge < -0.3 is 0 Å². The highest BCUT2D eigenvalue weighted by Gasteiger charge is 2.07. The predicted molar refractivity (Wildman–Crippen MR) is 31.8 cm³/mol. The van der Waals surface area contributed by atoms with Gasteiger partial charge in [-0.2, -0.15) is 5.10 Å². The number of hydrogen-bond donors (Lipinski definition) is 1. The van der Waals surface area contributed by atoms with Gasteiger partial charge in [-0.25, -0.2) is 5.53 Å². The Morgan fingerprint density at radius 2 is 2.50 bits per heavy atom. The Morgan fingerprint density at radius 1 is 1.75 bits per heavy atom. The highest BCUT2D eigenvalue weighted by Crippen LogP contribution is 1.90. The molecule has 1 aliphatic heterocycles. The highest BCUT2D eigenvalue weighted by atomic mass is 15.9. The van der Waals surface area contributed by atoms with E-state index in [1.165, 1.54) is 0 Å². The Balaban J connectivity index is 2.41. The summed E-state index contributed by atoms with van der Waals surface area (Å²) < 4.78 is 0. The van der Waals surface area contributed by atoms with Gasteiger partial charge >= 0.3 is 0 Å². The summed E-state index contributed by atoms with van der Waals surface area (Å²) in [5.74, 6) is 0. The molecule has 0 aliphatic carbocycles. The molecule has 4 nitrogen and oxygen atoms in total. The fourth-order valence-corrected chi connectivity index (χ4v) is 0.605. The SMILES string of the molecule is CCN1C=NNN1C. The minimum absolute atomic E-state index is 0.951. The summed E-state index contributed by atoms with van der Waals surface area (Å²) in [6.07, 6.45) is 1.75. The van der Waals surface area contributed by atoms with Crippen molar-refractivity contribution in [3.8, 4) is 0 Å². The van der Waals surface area contributed by atoms with Crippen LogP contribution in [0.5, 0.6) is 0 Å². The molecule has 1 heterocycles. The Hall–Kier alpha value is -0.770. The third-order valence-corrected chi connectivity index (χ3v) is 1.10. The van der Waals surface area contributed by atoms with Crippen molar-refractivity contribution in [3.63, 3.8) is 0 Å². The average molecular weight is 114 g/mol. The molecule has 0 atom stereocenters. The van der Waals surface area contributed by atoms with Crippen LogP contribution >= 0.6 is 0 Å². The van der Waals surface area contributed by atoms with E-state index in [9.17, 15) is 0 Å². The molecule has 0 fully saturated rings. The van der Waals surface area contributed by atoms with Crippen molar-refractivity contribution in [2.45, 2.75) is 6.92 Å². The number of nitrogens with zero attached hydrogens (tertiary/aromatic N) is 3. The van der Waals surface area contributed by atoms with Gasteiger partial charge in [0.2, 0.25) is 0 Å². The van der Waals surface area contributed by atoms with Crippen LogP contribution in [0.1, 0.15) is 6.92 Å². The molecule has 0 spiro atoms. The van der Waals surface area contributed by atoms with Crippen LogP contribution in [0.4, 0.5) is 0 Å². The minimum atomic E-state index is 0.951. The summed E-state index contributed by atoms with van der Waals surface area (Å²) in [6, 6.07) is 0. The number of hydrogen-bond acceptors (Lipinski definition) is 4. The van der Waals surface area contributed by atoms with Crippen LogP contribution in [0.25, 0.3) is 0 Å². The molecule has 1 rings (SSSR count). The van der Waals surface area contributed by atoms with E-state index in [0.29, 0.717) is 0 Å².